The molecule has 2 aliphatic heterocycles. The second kappa shape index (κ2) is 17.3. The maximum atomic E-state index is 14.6. The molecule has 0 radical (unpaired) electrons. The van der Waals surface area contributed by atoms with E-state index in [0.29, 0.717) is 38.6 Å². The zero-order valence-electron chi connectivity index (χ0n) is 35.0. The Morgan fingerprint density at radius 2 is 1.54 bits per heavy atom. The lowest BCUT2D eigenvalue weighted by Gasteiger charge is -2.40. The maximum absolute atomic E-state index is 14.6. The Balaban J connectivity index is 1.37. The van der Waals surface area contributed by atoms with Gasteiger partial charge in [-0.2, -0.15) is 0 Å². The first-order valence-corrected chi connectivity index (χ1v) is 21.3. The Morgan fingerprint density at radius 1 is 0.787 bits per heavy atom. The minimum atomic E-state index is -1.14. The smallest absolute Gasteiger partial charge is 0.178 e. The molecule has 2 unspecified atom stereocenters. The zero-order valence-corrected chi connectivity index (χ0v) is 35.0. The molecular weight excluding hydrogens is 770 g/mol. The fraction of sp³-hybridized carbons (Fsp3) is 0.308. The van der Waals surface area contributed by atoms with E-state index in [9.17, 15) is 9.50 Å². The molecule has 314 valence electrons. The summed E-state index contributed by atoms with van der Waals surface area (Å²) in [4.78, 5) is 2.34. The highest BCUT2D eigenvalue weighted by Crippen LogP contribution is 2.61. The van der Waals surface area contributed by atoms with E-state index in [4.69, 9.17) is 28.4 Å². The van der Waals surface area contributed by atoms with Gasteiger partial charge in [-0.25, -0.2) is 4.39 Å². The molecule has 0 bridgehead atoms. The standard InChI is InChI=1S/C52H52FNO7/c1-4-5-22-52(60-31-30-59-29-26-55)45-32-36(35-9-7-6-8-10-35)11-20-41(45)48-43-33-46(54-24-27-58-28-25-54)47(57-3)34-44(43)50-42(49(48)52)21-23-51(61-50,37-12-16-39(53)17-13-37)38-14-18-40(56-2)19-15-38/h6-21,23,32-34,55H,4-5,22,24-31H2,1-3H3. The minimum Gasteiger partial charge on any atom is -0.497 e. The van der Waals surface area contributed by atoms with Gasteiger partial charge in [0.1, 0.15) is 28.7 Å². The lowest BCUT2D eigenvalue weighted by molar-refractivity contribution is -0.0533. The van der Waals surface area contributed by atoms with Crippen molar-refractivity contribution < 1.29 is 37.9 Å². The highest BCUT2D eigenvalue weighted by atomic mass is 19.1. The van der Waals surface area contributed by atoms with E-state index < -0.39 is 11.2 Å². The van der Waals surface area contributed by atoms with E-state index >= 15 is 0 Å². The lowest BCUT2D eigenvalue weighted by Crippen LogP contribution is -2.37. The van der Waals surface area contributed by atoms with Crippen LogP contribution in [0.5, 0.6) is 17.2 Å². The molecule has 1 aliphatic carbocycles. The molecule has 8 nitrogen and oxygen atoms in total. The normalized spacial score (nSPS) is 19.0. The Labute approximate surface area is 357 Å². The summed E-state index contributed by atoms with van der Waals surface area (Å²) in [6.45, 7) is 5.71. The van der Waals surface area contributed by atoms with Crippen LogP contribution in [0.15, 0.2) is 115 Å². The molecule has 3 aliphatic rings. The molecule has 1 saturated heterocycles. The summed E-state index contributed by atoms with van der Waals surface area (Å²) in [5, 5.41) is 11.5. The van der Waals surface area contributed by atoms with Crippen molar-refractivity contribution in [1.29, 1.82) is 0 Å². The van der Waals surface area contributed by atoms with Crippen molar-refractivity contribution in [2.45, 2.75) is 37.4 Å². The van der Waals surface area contributed by atoms with Crippen LogP contribution in [0, 0.1) is 5.82 Å². The van der Waals surface area contributed by atoms with Crippen LogP contribution in [0.4, 0.5) is 10.1 Å². The number of rotatable bonds is 15. The molecule has 2 heterocycles. The number of benzene rings is 6. The molecule has 0 aromatic heterocycles. The topological polar surface area (TPSA) is 78.9 Å². The van der Waals surface area contributed by atoms with Crippen molar-refractivity contribution in [2.24, 2.45) is 0 Å². The number of hydrogen-bond donors (Lipinski definition) is 1. The van der Waals surface area contributed by atoms with Gasteiger partial charge in [-0.05, 0) is 88.2 Å². The van der Waals surface area contributed by atoms with Gasteiger partial charge >= 0.3 is 0 Å². The Bertz CT molecular complexity index is 2540. The zero-order chi connectivity index (χ0) is 42.0. The van der Waals surface area contributed by atoms with Crippen LogP contribution in [0.3, 0.4) is 0 Å². The number of methoxy groups -OCH3 is 2. The largest absolute Gasteiger partial charge is 0.497 e. The molecule has 2 atom stereocenters. The van der Waals surface area contributed by atoms with Crippen molar-refractivity contribution in [2.75, 3.05) is 71.9 Å². The highest BCUT2D eigenvalue weighted by Gasteiger charge is 2.49. The first-order chi connectivity index (χ1) is 29.9. The molecule has 6 aromatic rings. The van der Waals surface area contributed by atoms with E-state index in [-0.39, 0.29) is 19.0 Å². The number of hydrogen-bond acceptors (Lipinski definition) is 8. The first kappa shape index (κ1) is 40.7. The van der Waals surface area contributed by atoms with Crippen molar-refractivity contribution in [1.82, 2.24) is 0 Å². The van der Waals surface area contributed by atoms with Crippen LogP contribution >= 0.6 is 0 Å². The Hall–Kier alpha value is -5.71. The van der Waals surface area contributed by atoms with E-state index in [2.05, 4.69) is 78.6 Å². The number of aliphatic hydroxyl groups excluding tert-OH is 1. The maximum Gasteiger partial charge on any atom is 0.178 e. The van der Waals surface area contributed by atoms with Crippen molar-refractivity contribution >= 4 is 22.5 Å². The van der Waals surface area contributed by atoms with E-state index in [0.717, 1.165) is 104 Å². The van der Waals surface area contributed by atoms with Gasteiger partial charge in [0, 0.05) is 40.7 Å². The molecular formula is C52H52FNO7. The summed E-state index contributed by atoms with van der Waals surface area (Å²) >= 11 is 0. The van der Waals surface area contributed by atoms with Crippen LogP contribution in [-0.4, -0.2) is 72.1 Å². The fourth-order valence-corrected chi connectivity index (χ4v) is 9.47. The molecule has 9 heteroatoms. The molecule has 1 fully saturated rings. The van der Waals surface area contributed by atoms with Crippen LogP contribution in [0.1, 0.15) is 54.0 Å². The lowest BCUT2D eigenvalue weighted by atomic mass is 9.78. The van der Waals surface area contributed by atoms with E-state index in [1.54, 1.807) is 26.4 Å². The van der Waals surface area contributed by atoms with Gasteiger partial charge in [0.25, 0.3) is 0 Å². The average molecular weight is 822 g/mol. The van der Waals surface area contributed by atoms with Crippen LogP contribution in [-0.2, 0) is 25.4 Å². The molecule has 6 aromatic carbocycles. The quantitative estimate of drug-likeness (QED) is 0.103. The number of fused-ring (bicyclic) bond motifs is 8. The third-order valence-electron chi connectivity index (χ3n) is 12.4. The van der Waals surface area contributed by atoms with Gasteiger partial charge in [0.2, 0.25) is 0 Å². The summed E-state index contributed by atoms with van der Waals surface area (Å²) in [5.41, 5.74) is 8.06. The number of halogens is 1. The van der Waals surface area contributed by atoms with Crippen LogP contribution in [0.2, 0.25) is 0 Å². The minimum absolute atomic E-state index is 0.0619. The summed E-state index contributed by atoms with van der Waals surface area (Å²) in [6, 6.07) is 36.0. The van der Waals surface area contributed by atoms with Gasteiger partial charge in [0.15, 0.2) is 5.60 Å². The second-order valence-electron chi connectivity index (χ2n) is 15.8. The van der Waals surface area contributed by atoms with Gasteiger partial charge in [-0.15, -0.1) is 0 Å². The van der Waals surface area contributed by atoms with Crippen molar-refractivity contribution in [3.63, 3.8) is 0 Å². The predicted octanol–water partition coefficient (Wildman–Crippen LogP) is 10.3. The van der Waals surface area contributed by atoms with Crippen molar-refractivity contribution in [3.8, 4) is 39.5 Å². The summed E-state index contributed by atoms with van der Waals surface area (Å²) in [6.07, 6.45) is 6.85. The summed E-state index contributed by atoms with van der Waals surface area (Å²) in [7, 11) is 3.37. The van der Waals surface area contributed by atoms with E-state index in [1.807, 2.05) is 30.3 Å². The van der Waals surface area contributed by atoms with Gasteiger partial charge < -0.3 is 38.4 Å². The van der Waals surface area contributed by atoms with Gasteiger partial charge in [-0.3, -0.25) is 0 Å². The number of nitrogens with zero attached hydrogens (tertiary/aromatic N) is 1. The Morgan fingerprint density at radius 3 is 2.25 bits per heavy atom. The predicted molar refractivity (Wildman–Crippen MR) is 238 cm³/mol. The Kier molecular flexibility index (Phi) is 11.6. The fourth-order valence-electron chi connectivity index (χ4n) is 9.47. The third-order valence-corrected chi connectivity index (χ3v) is 12.4. The molecule has 0 spiro atoms. The average Bonchev–Trinajstić information content (AvgIpc) is 3.60. The molecule has 9 rings (SSSR count). The molecule has 0 amide bonds. The summed E-state index contributed by atoms with van der Waals surface area (Å²) < 4.78 is 53.0. The highest BCUT2D eigenvalue weighted by molar-refractivity contribution is 6.10. The molecule has 0 saturated carbocycles. The van der Waals surface area contributed by atoms with Crippen LogP contribution in [0.25, 0.3) is 39.1 Å². The number of unbranched alkanes of at least 4 members (excludes halogenated alkanes) is 1. The van der Waals surface area contributed by atoms with Crippen molar-refractivity contribution in [3.05, 3.63) is 149 Å². The molecule has 61 heavy (non-hydrogen) atoms. The van der Waals surface area contributed by atoms with E-state index in [1.165, 1.54) is 12.1 Å². The summed E-state index contributed by atoms with van der Waals surface area (Å²) in [5.74, 6) is 1.81. The van der Waals surface area contributed by atoms with Crippen LogP contribution < -0.4 is 19.1 Å². The number of morpholine rings is 1. The molecule has 1 N–H and O–H groups in total. The first-order valence-electron chi connectivity index (χ1n) is 21.3. The monoisotopic (exact) mass is 821 g/mol. The number of anilines is 1. The van der Waals surface area contributed by atoms with Gasteiger partial charge in [0.05, 0.1) is 59.5 Å². The number of ether oxygens (including phenoxy) is 6. The number of aliphatic hydroxyl groups is 1. The van der Waals surface area contributed by atoms with Gasteiger partial charge in [-0.1, -0.05) is 92.6 Å². The third kappa shape index (κ3) is 7.23. The second-order valence-corrected chi connectivity index (χ2v) is 15.8. The SMILES string of the molecule is CCCCC1(OCCOCCO)c2cc(-c3ccccc3)ccc2-c2c1c1c(c3cc(OC)c(N4CCOCC4)cc23)OC(c2ccc(F)cc2)(c2ccc(OC)cc2)C=C1.